The van der Waals surface area contributed by atoms with E-state index in [0.717, 1.165) is 5.30 Å². The summed E-state index contributed by atoms with van der Waals surface area (Å²) in [7, 11) is -1.03. The van der Waals surface area contributed by atoms with Gasteiger partial charge in [-0.3, -0.25) is 0 Å². The zero-order chi connectivity index (χ0) is 21.5. The molecule has 0 spiro atoms. The lowest BCUT2D eigenvalue weighted by Crippen LogP contribution is -2.21. The average molecular weight is 419 g/mol. The van der Waals surface area contributed by atoms with E-state index in [-0.39, 0.29) is 10.8 Å². The summed E-state index contributed by atoms with van der Waals surface area (Å²) in [6, 6.07) is 24.1. The Morgan fingerprint density at radius 2 is 1.10 bits per heavy atom. The molecule has 0 bridgehead atoms. The van der Waals surface area contributed by atoms with Crippen molar-refractivity contribution in [2.45, 2.75) is 52.4 Å². The van der Waals surface area contributed by atoms with E-state index in [2.05, 4.69) is 108 Å². The van der Waals surface area contributed by atoms with Crippen molar-refractivity contribution < 1.29 is 9.05 Å². The Labute approximate surface area is 182 Å². The van der Waals surface area contributed by atoms with Crippen molar-refractivity contribution in [3.05, 3.63) is 77.9 Å². The molecule has 1 saturated heterocycles. The monoisotopic (exact) mass is 418 g/mol. The molecule has 0 aliphatic carbocycles. The largest absolute Gasteiger partial charge is 0.303 e. The first-order chi connectivity index (χ1) is 14.2. The molecule has 1 fully saturated rings. The summed E-state index contributed by atoms with van der Waals surface area (Å²) in [6.45, 7) is 14.0. The lowest BCUT2D eigenvalue weighted by atomic mass is 9.78. The minimum absolute atomic E-state index is 0.0269. The molecule has 4 rings (SSSR count). The molecule has 0 radical (unpaired) electrons. The van der Waals surface area contributed by atoms with Crippen LogP contribution >= 0.6 is 8.38 Å². The van der Waals surface area contributed by atoms with Crippen molar-refractivity contribution in [3.8, 4) is 22.3 Å². The van der Waals surface area contributed by atoms with Gasteiger partial charge in [0, 0.05) is 10.9 Å². The van der Waals surface area contributed by atoms with Gasteiger partial charge in [-0.25, -0.2) is 0 Å². The van der Waals surface area contributed by atoms with E-state index in [4.69, 9.17) is 9.05 Å². The first-order valence-corrected chi connectivity index (χ1v) is 11.7. The molecule has 3 aromatic carbocycles. The molecular formula is C27H31O2P. The fraction of sp³-hybridized carbons (Fsp3) is 0.333. The fourth-order valence-electron chi connectivity index (χ4n) is 4.17. The third-order valence-electron chi connectivity index (χ3n) is 5.61. The molecule has 3 heteroatoms. The van der Waals surface area contributed by atoms with Gasteiger partial charge in [-0.05, 0) is 44.7 Å². The van der Waals surface area contributed by atoms with Crippen LogP contribution in [-0.2, 0) is 19.9 Å². The number of benzene rings is 3. The van der Waals surface area contributed by atoms with Crippen LogP contribution in [0.3, 0.4) is 0 Å². The smallest absolute Gasteiger partial charge is 0.210 e. The maximum Gasteiger partial charge on any atom is 0.210 e. The Morgan fingerprint density at radius 3 is 1.63 bits per heavy atom. The predicted octanol–water partition coefficient (Wildman–Crippen LogP) is 7.56. The SMILES string of the molecule is CC(C)(C)c1ccccc1-c1cccc(P2OCO2)c1-c1ccccc1C(C)(C)C. The van der Waals surface area contributed by atoms with Crippen molar-refractivity contribution >= 4 is 13.7 Å². The van der Waals surface area contributed by atoms with Crippen LogP contribution in [-0.4, -0.2) is 6.79 Å². The summed E-state index contributed by atoms with van der Waals surface area (Å²) in [5.74, 6) is 0. The quantitative estimate of drug-likeness (QED) is 0.409. The maximum atomic E-state index is 5.84. The summed E-state index contributed by atoms with van der Waals surface area (Å²) in [5, 5.41) is 1.16. The van der Waals surface area contributed by atoms with Crippen LogP contribution in [0.1, 0.15) is 52.7 Å². The van der Waals surface area contributed by atoms with E-state index in [1.807, 2.05) is 0 Å². The normalized spacial score (nSPS) is 15.1. The molecule has 0 atom stereocenters. The van der Waals surface area contributed by atoms with Gasteiger partial charge in [0.1, 0.15) is 0 Å². The van der Waals surface area contributed by atoms with E-state index < -0.39 is 8.38 Å². The van der Waals surface area contributed by atoms with Crippen LogP contribution < -0.4 is 5.30 Å². The molecule has 2 nitrogen and oxygen atoms in total. The Hall–Kier alpha value is -1.99. The van der Waals surface area contributed by atoms with Gasteiger partial charge in [-0.2, -0.15) is 0 Å². The van der Waals surface area contributed by atoms with Gasteiger partial charge < -0.3 is 9.05 Å². The van der Waals surface area contributed by atoms with Crippen molar-refractivity contribution in [2.75, 3.05) is 6.79 Å². The van der Waals surface area contributed by atoms with E-state index in [1.165, 1.54) is 33.4 Å². The van der Waals surface area contributed by atoms with E-state index >= 15 is 0 Å². The molecule has 0 unspecified atom stereocenters. The molecule has 0 aromatic heterocycles. The second kappa shape index (κ2) is 7.93. The van der Waals surface area contributed by atoms with Gasteiger partial charge in [0.2, 0.25) is 8.38 Å². The Kier molecular flexibility index (Phi) is 5.62. The zero-order valence-electron chi connectivity index (χ0n) is 18.8. The molecule has 30 heavy (non-hydrogen) atoms. The Bertz CT molecular complexity index is 1050. The molecule has 1 aliphatic rings. The van der Waals surface area contributed by atoms with Crippen LogP contribution in [0.4, 0.5) is 0 Å². The van der Waals surface area contributed by atoms with E-state index in [1.54, 1.807) is 0 Å². The van der Waals surface area contributed by atoms with Crippen molar-refractivity contribution in [1.82, 2.24) is 0 Å². The Morgan fingerprint density at radius 1 is 0.600 bits per heavy atom. The number of hydrogen-bond donors (Lipinski definition) is 0. The molecule has 0 amide bonds. The van der Waals surface area contributed by atoms with E-state index in [0.29, 0.717) is 6.79 Å². The standard InChI is InChI=1S/C27H31O2P/c1-26(2,3)22-15-9-7-12-19(22)20-14-11-17-24(30-28-18-29-30)25(20)21-13-8-10-16-23(21)27(4,5)6/h7-17H,18H2,1-6H3. The van der Waals surface area contributed by atoms with Crippen LogP contribution in [0.25, 0.3) is 22.3 Å². The molecule has 1 aliphatic heterocycles. The van der Waals surface area contributed by atoms with Gasteiger partial charge in [0.25, 0.3) is 0 Å². The lowest BCUT2D eigenvalue weighted by Gasteiger charge is -2.31. The summed E-state index contributed by atoms with van der Waals surface area (Å²) in [6.07, 6.45) is 0. The van der Waals surface area contributed by atoms with E-state index in [9.17, 15) is 0 Å². The number of rotatable bonds is 3. The zero-order valence-corrected chi connectivity index (χ0v) is 19.7. The van der Waals surface area contributed by atoms with Crippen molar-refractivity contribution in [2.24, 2.45) is 0 Å². The maximum absolute atomic E-state index is 5.84. The second-order valence-electron chi connectivity index (χ2n) is 9.92. The molecule has 0 N–H and O–H groups in total. The van der Waals surface area contributed by atoms with Crippen LogP contribution in [0.15, 0.2) is 66.7 Å². The summed E-state index contributed by atoms with van der Waals surface area (Å²) in [5.41, 5.74) is 7.78. The third-order valence-corrected chi connectivity index (χ3v) is 7.05. The minimum atomic E-state index is -1.03. The van der Waals surface area contributed by atoms with Crippen LogP contribution in [0, 0.1) is 0 Å². The Balaban J connectivity index is 2.06. The fourth-order valence-corrected chi connectivity index (χ4v) is 5.29. The lowest BCUT2D eigenvalue weighted by molar-refractivity contribution is 0.0446. The molecule has 1 heterocycles. The first kappa shape index (κ1) is 21.2. The number of hydrogen-bond acceptors (Lipinski definition) is 2. The molecular weight excluding hydrogens is 387 g/mol. The molecule has 0 saturated carbocycles. The highest BCUT2D eigenvalue weighted by atomic mass is 31.2. The second-order valence-corrected chi connectivity index (χ2v) is 11.4. The van der Waals surface area contributed by atoms with Gasteiger partial charge in [-0.15, -0.1) is 0 Å². The third kappa shape index (κ3) is 3.97. The van der Waals surface area contributed by atoms with Gasteiger partial charge in [-0.1, -0.05) is 102 Å². The van der Waals surface area contributed by atoms with Crippen LogP contribution in [0.5, 0.6) is 0 Å². The summed E-state index contributed by atoms with van der Waals surface area (Å²) >= 11 is 0. The van der Waals surface area contributed by atoms with Gasteiger partial charge >= 0.3 is 0 Å². The van der Waals surface area contributed by atoms with Gasteiger partial charge in [0.05, 0.1) is 0 Å². The summed E-state index contributed by atoms with van der Waals surface area (Å²) < 4.78 is 11.7. The van der Waals surface area contributed by atoms with Crippen molar-refractivity contribution in [1.29, 1.82) is 0 Å². The minimum Gasteiger partial charge on any atom is -0.303 e. The first-order valence-electron chi connectivity index (χ1n) is 10.6. The highest BCUT2D eigenvalue weighted by molar-refractivity contribution is 7.57. The van der Waals surface area contributed by atoms with Gasteiger partial charge in [0.15, 0.2) is 6.79 Å². The van der Waals surface area contributed by atoms with Crippen LogP contribution in [0.2, 0.25) is 0 Å². The topological polar surface area (TPSA) is 18.5 Å². The molecule has 156 valence electrons. The summed E-state index contributed by atoms with van der Waals surface area (Å²) in [4.78, 5) is 0. The average Bonchev–Trinajstić information content (AvgIpc) is 2.65. The van der Waals surface area contributed by atoms with Crippen molar-refractivity contribution in [3.63, 3.8) is 0 Å². The predicted molar refractivity (Wildman–Crippen MR) is 128 cm³/mol. The molecule has 3 aromatic rings. The highest BCUT2D eigenvalue weighted by Gasteiger charge is 2.31. The highest BCUT2D eigenvalue weighted by Crippen LogP contribution is 2.51.